The van der Waals surface area contributed by atoms with E-state index < -0.39 is 10.0 Å². The van der Waals surface area contributed by atoms with E-state index in [9.17, 15) is 13.5 Å². The molecule has 2 fully saturated rings. The first kappa shape index (κ1) is 13.6. The van der Waals surface area contributed by atoms with Crippen molar-refractivity contribution in [2.45, 2.75) is 44.1 Å². The molecule has 0 aromatic heterocycles. The molecule has 4 rings (SSSR count). The highest BCUT2D eigenvalue weighted by Gasteiger charge is 2.51. The predicted octanol–water partition coefficient (Wildman–Crippen LogP) is 2.37. The predicted molar refractivity (Wildman–Crippen MR) is 80.6 cm³/mol. The molecule has 1 heterocycles. The van der Waals surface area contributed by atoms with Gasteiger partial charge in [-0.1, -0.05) is 18.9 Å². The molecule has 0 unspecified atom stereocenters. The van der Waals surface area contributed by atoms with Crippen molar-refractivity contribution in [2.75, 3.05) is 12.3 Å². The van der Waals surface area contributed by atoms with Gasteiger partial charge in [0.25, 0.3) is 0 Å². The lowest BCUT2D eigenvalue weighted by atomic mass is 9.88. The number of fused-ring (bicyclic) bond motifs is 2. The van der Waals surface area contributed by atoms with Crippen LogP contribution in [0.15, 0.2) is 18.2 Å². The molecule has 21 heavy (non-hydrogen) atoms. The topological polar surface area (TPSA) is 57.6 Å². The third-order valence-corrected chi connectivity index (χ3v) is 7.02. The minimum Gasteiger partial charge on any atom is -0.508 e. The fourth-order valence-electron chi connectivity index (χ4n) is 3.49. The summed E-state index contributed by atoms with van der Waals surface area (Å²) in [6.45, 7) is 1.06. The first-order valence-corrected chi connectivity index (χ1v) is 9.40. The quantitative estimate of drug-likeness (QED) is 0.929. The summed E-state index contributed by atoms with van der Waals surface area (Å²) < 4.78 is 26.9. The van der Waals surface area contributed by atoms with Crippen LogP contribution < -0.4 is 0 Å². The van der Waals surface area contributed by atoms with E-state index in [1.807, 2.05) is 12.1 Å². The summed E-state index contributed by atoms with van der Waals surface area (Å²) in [4.78, 5) is 0. The van der Waals surface area contributed by atoms with E-state index in [0.717, 1.165) is 30.4 Å². The summed E-state index contributed by atoms with van der Waals surface area (Å²) in [6.07, 6.45) is 5.26. The van der Waals surface area contributed by atoms with Crippen LogP contribution in [0.4, 0.5) is 0 Å². The van der Waals surface area contributed by atoms with E-state index in [-0.39, 0.29) is 11.2 Å². The van der Waals surface area contributed by atoms with E-state index in [2.05, 4.69) is 0 Å². The average molecular weight is 307 g/mol. The van der Waals surface area contributed by atoms with Gasteiger partial charge in [-0.25, -0.2) is 8.42 Å². The first-order chi connectivity index (χ1) is 9.98. The van der Waals surface area contributed by atoms with Crippen molar-refractivity contribution in [1.82, 2.24) is 4.31 Å². The lowest BCUT2D eigenvalue weighted by Crippen LogP contribution is -2.42. The highest BCUT2D eigenvalue weighted by atomic mass is 32.2. The number of hydrogen-bond donors (Lipinski definition) is 1. The van der Waals surface area contributed by atoms with Crippen LogP contribution in [0.1, 0.15) is 43.2 Å². The summed E-state index contributed by atoms with van der Waals surface area (Å²) in [6, 6.07) is 5.37. The molecule has 2 saturated carbocycles. The van der Waals surface area contributed by atoms with Crippen LogP contribution in [0.5, 0.6) is 5.75 Å². The van der Waals surface area contributed by atoms with Crippen molar-refractivity contribution >= 4 is 10.0 Å². The number of sulfonamides is 1. The maximum Gasteiger partial charge on any atom is 0.214 e. The van der Waals surface area contributed by atoms with Crippen molar-refractivity contribution < 1.29 is 13.5 Å². The molecule has 1 spiro atoms. The fraction of sp³-hybridized carbons (Fsp3) is 0.625. The molecule has 0 saturated heterocycles. The third-order valence-electron chi connectivity index (χ3n) is 5.22. The molecule has 1 aliphatic heterocycles. The molecule has 114 valence electrons. The van der Waals surface area contributed by atoms with Crippen molar-refractivity contribution in [2.24, 2.45) is 5.92 Å². The Kier molecular flexibility index (Phi) is 2.89. The summed E-state index contributed by atoms with van der Waals surface area (Å²) in [5.41, 5.74) is 2.20. The number of phenols is 1. The number of rotatable bonds is 4. The van der Waals surface area contributed by atoms with E-state index in [0.29, 0.717) is 24.8 Å². The van der Waals surface area contributed by atoms with Crippen LogP contribution >= 0.6 is 0 Å². The van der Waals surface area contributed by atoms with Crippen LogP contribution in [0.3, 0.4) is 0 Å². The fourth-order valence-corrected chi connectivity index (χ4v) is 5.16. The van der Waals surface area contributed by atoms with Crippen LogP contribution in [-0.4, -0.2) is 30.1 Å². The molecule has 0 radical (unpaired) electrons. The monoisotopic (exact) mass is 307 g/mol. The summed E-state index contributed by atoms with van der Waals surface area (Å²) in [5, 5.41) is 9.69. The molecule has 1 aromatic rings. The van der Waals surface area contributed by atoms with E-state index in [1.165, 1.54) is 12.8 Å². The van der Waals surface area contributed by atoms with Crippen LogP contribution in [0, 0.1) is 5.92 Å². The van der Waals surface area contributed by atoms with Gasteiger partial charge in [0.2, 0.25) is 10.0 Å². The van der Waals surface area contributed by atoms with Gasteiger partial charge in [-0.3, -0.25) is 0 Å². The molecule has 3 aliphatic rings. The van der Waals surface area contributed by atoms with Gasteiger partial charge in [0.15, 0.2) is 0 Å². The number of hydrogen-bond acceptors (Lipinski definition) is 3. The van der Waals surface area contributed by atoms with Gasteiger partial charge in [0.05, 0.1) is 5.75 Å². The number of aromatic hydroxyl groups is 1. The highest BCUT2D eigenvalue weighted by Crippen LogP contribution is 2.53. The summed E-state index contributed by atoms with van der Waals surface area (Å²) in [5.74, 6) is 1.22. The largest absolute Gasteiger partial charge is 0.508 e. The highest BCUT2D eigenvalue weighted by molar-refractivity contribution is 7.89. The average Bonchev–Trinajstić information content (AvgIpc) is 3.33. The molecule has 2 aliphatic carbocycles. The van der Waals surface area contributed by atoms with Crippen molar-refractivity contribution in [1.29, 1.82) is 0 Å². The normalized spacial score (nSPS) is 24.0. The van der Waals surface area contributed by atoms with Crippen molar-refractivity contribution in [3.63, 3.8) is 0 Å². The second-order valence-electron chi connectivity index (χ2n) is 6.94. The molecule has 0 amide bonds. The van der Waals surface area contributed by atoms with Gasteiger partial charge >= 0.3 is 0 Å². The van der Waals surface area contributed by atoms with E-state index in [1.54, 1.807) is 10.4 Å². The van der Waals surface area contributed by atoms with Gasteiger partial charge in [0, 0.05) is 18.5 Å². The molecule has 0 atom stereocenters. The van der Waals surface area contributed by atoms with Gasteiger partial charge in [-0.2, -0.15) is 4.31 Å². The van der Waals surface area contributed by atoms with Crippen molar-refractivity contribution in [3.8, 4) is 5.75 Å². The Bertz CT molecular complexity index is 675. The minimum absolute atomic E-state index is 0.0288. The lowest BCUT2D eigenvalue weighted by molar-refractivity contribution is 0.342. The molecular formula is C16H21NO3S. The zero-order valence-electron chi connectivity index (χ0n) is 12.1. The smallest absolute Gasteiger partial charge is 0.214 e. The van der Waals surface area contributed by atoms with Gasteiger partial charge in [-0.05, 0) is 48.4 Å². The van der Waals surface area contributed by atoms with Crippen molar-refractivity contribution in [3.05, 3.63) is 29.3 Å². The molecule has 1 N–H and O–H groups in total. The Morgan fingerprint density at radius 2 is 2.05 bits per heavy atom. The van der Waals surface area contributed by atoms with E-state index >= 15 is 0 Å². The second-order valence-corrected chi connectivity index (χ2v) is 9.03. The molecule has 4 nitrogen and oxygen atoms in total. The zero-order valence-corrected chi connectivity index (χ0v) is 12.9. The van der Waals surface area contributed by atoms with Gasteiger partial charge in [-0.15, -0.1) is 0 Å². The molecular weight excluding hydrogens is 286 g/mol. The standard InChI is InChI=1S/C16H21NO3S/c18-14-4-3-13-10-17(11-16(6-7-16)15(13)9-14)21(19,20)8-5-12-1-2-12/h3-4,9,12,18H,1-2,5-8,10-11H2. The molecule has 1 aromatic carbocycles. The Balaban J connectivity index is 1.60. The number of phenolic OH excluding ortho intramolecular Hbond substituents is 1. The maximum atomic E-state index is 12.6. The summed E-state index contributed by atoms with van der Waals surface area (Å²) in [7, 11) is -3.15. The zero-order chi connectivity index (χ0) is 14.7. The van der Waals surface area contributed by atoms with Gasteiger partial charge < -0.3 is 5.11 Å². The van der Waals surface area contributed by atoms with E-state index in [4.69, 9.17) is 0 Å². The lowest BCUT2D eigenvalue weighted by Gasteiger charge is -2.34. The first-order valence-electron chi connectivity index (χ1n) is 7.79. The van der Waals surface area contributed by atoms with Crippen LogP contribution in [0.25, 0.3) is 0 Å². The Hall–Kier alpha value is -1.07. The van der Waals surface area contributed by atoms with Crippen LogP contribution in [-0.2, 0) is 22.0 Å². The molecule has 0 bridgehead atoms. The number of nitrogens with zero attached hydrogens (tertiary/aromatic N) is 1. The van der Waals surface area contributed by atoms with Gasteiger partial charge in [0.1, 0.15) is 5.75 Å². The summed E-state index contributed by atoms with van der Waals surface area (Å²) >= 11 is 0. The van der Waals surface area contributed by atoms with Crippen LogP contribution in [0.2, 0.25) is 0 Å². The second kappa shape index (κ2) is 4.46. The minimum atomic E-state index is -3.15. The Morgan fingerprint density at radius 1 is 1.29 bits per heavy atom. The Morgan fingerprint density at radius 3 is 2.71 bits per heavy atom. The number of benzene rings is 1. The maximum absolute atomic E-state index is 12.6. The Labute approximate surface area is 125 Å². The third kappa shape index (κ3) is 2.46. The molecule has 5 heteroatoms. The SMILES string of the molecule is O=S(=O)(CCC1CC1)N1Cc2ccc(O)cc2C2(CC2)C1.